The van der Waals surface area contributed by atoms with E-state index in [1.54, 1.807) is 17.0 Å². The van der Waals surface area contributed by atoms with Crippen LogP contribution in [0.3, 0.4) is 0 Å². The number of hydrogen-bond acceptors (Lipinski definition) is 7. The molecule has 1 aromatic heterocycles. The van der Waals surface area contributed by atoms with Crippen LogP contribution in [0.2, 0.25) is 0 Å². The Morgan fingerprint density at radius 3 is 2.09 bits per heavy atom. The van der Waals surface area contributed by atoms with E-state index in [0.29, 0.717) is 18.0 Å². The molecule has 2 heterocycles. The second-order valence-corrected chi connectivity index (χ2v) is 5.73. The summed E-state index contributed by atoms with van der Waals surface area (Å²) in [7, 11) is 0. The number of nitrogens with two attached hydrogens (primary N) is 2. The SMILES string of the molecule is CC(C)(C)OC=O.Nc1ccc(N)nc1.O=CN1CCNCC1. The average Bonchev–Trinajstić information content (AvgIpc) is 2.51. The highest BCUT2D eigenvalue weighted by atomic mass is 16.5. The first-order valence-corrected chi connectivity index (χ1v) is 7.27. The van der Waals surface area contributed by atoms with Crippen LogP contribution < -0.4 is 16.8 Å². The van der Waals surface area contributed by atoms with E-state index in [1.807, 2.05) is 20.8 Å². The van der Waals surface area contributed by atoms with E-state index < -0.39 is 0 Å². The summed E-state index contributed by atoms with van der Waals surface area (Å²) in [5.74, 6) is 0.499. The van der Waals surface area contributed by atoms with Gasteiger partial charge in [-0.15, -0.1) is 0 Å². The Balaban J connectivity index is 0.000000317. The van der Waals surface area contributed by atoms with Crippen LogP contribution in [-0.2, 0) is 14.3 Å². The Morgan fingerprint density at radius 2 is 1.83 bits per heavy atom. The number of pyridine rings is 1. The standard InChI is InChI=1S/C5H7N3.C5H10N2O.C5H10O2/c6-4-1-2-5(7)8-3-4;8-5-7-3-1-6-2-4-7;1-5(2,3)7-4-6/h1-3H,6H2,(H2,7,8);5-6H,1-4H2;4H,1-3H3. The molecule has 0 aliphatic carbocycles. The van der Waals surface area contributed by atoms with Crippen molar-refractivity contribution in [2.24, 2.45) is 0 Å². The molecule has 0 spiro atoms. The van der Waals surface area contributed by atoms with Crippen molar-refractivity contribution in [2.45, 2.75) is 26.4 Å². The lowest BCUT2D eigenvalue weighted by Crippen LogP contribution is -2.42. The molecule has 8 nitrogen and oxygen atoms in total. The van der Waals surface area contributed by atoms with Gasteiger partial charge in [0.2, 0.25) is 6.41 Å². The van der Waals surface area contributed by atoms with E-state index in [-0.39, 0.29) is 5.60 Å². The maximum Gasteiger partial charge on any atom is 0.293 e. The summed E-state index contributed by atoms with van der Waals surface area (Å²) < 4.78 is 4.55. The van der Waals surface area contributed by atoms with Crippen LogP contribution in [0.1, 0.15) is 20.8 Å². The number of piperazine rings is 1. The van der Waals surface area contributed by atoms with Gasteiger partial charge in [0, 0.05) is 26.2 Å². The summed E-state index contributed by atoms with van der Waals surface area (Å²) in [6.45, 7) is 9.54. The van der Waals surface area contributed by atoms with Crippen molar-refractivity contribution in [3.63, 3.8) is 0 Å². The predicted molar refractivity (Wildman–Crippen MR) is 90.5 cm³/mol. The van der Waals surface area contributed by atoms with Crippen LogP contribution in [0.15, 0.2) is 18.3 Å². The summed E-state index contributed by atoms with van der Waals surface area (Å²) in [6, 6.07) is 3.37. The predicted octanol–water partition coefficient (Wildman–Crippen LogP) is 0.252. The topological polar surface area (TPSA) is 124 Å². The minimum Gasteiger partial charge on any atom is -0.462 e. The van der Waals surface area contributed by atoms with Gasteiger partial charge in [-0.25, -0.2) is 4.98 Å². The number of aromatic nitrogens is 1. The van der Waals surface area contributed by atoms with Crippen molar-refractivity contribution in [2.75, 3.05) is 37.6 Å². The number of carbonyl (C=O) groups is 2. The number of nitrogen functional groups attached to an aromatic ring is 2. The number of amides is 1. The highest BCUT2D eigenvalue weighted by Crippen LogP contribution is 2.02. The van der Waals surface area contributed by atoms with Crippen molar-refractivity contribution in [1.29, 1.82) is 0 Å². The third-order valence-electron chi connectivity index (χ3n) is 2.51. The molecule has 0 saturated carbocycles. The lowest BCUT2D eigenvalue weighted by Gasteiger charge is -2.22. The zero-order valence-electron chi connectivity index (χ0n) is 14.0. The van der Waals surface area contributed by atoms with Crippen LogP contribution in [0.4, 0.5) is 11.5 Å². The molecule has 0 unspecified atom stereocenters. The summed E-state index contributed by atoms with van der Waals surface area (Å²) in [6.07, 6.45) is 2.43. The first kappa shape index (κ1) is 20.6. The lowest BCUT2D eigenvalue weighted by atomic mass is 10.2. The summed E-state index contributed by atoms with van der Waals surface area (Å²) in [4.78, 5) is 25.2. The Labute approximate surface area is 137 Å². The van der Waals surface area contributed by atoms with Gasteiger partial charge >= 0.3 is 0 Å². The third-order valence-corrected chi connectivity index (χ3v) is 2.51. The van der Waals surface area contributed by atoms with Gasteiger partial charge in [-0.2, -0.15) is 0 Å². The minimum atomic E-state index is -0.318. The van der Waals surface area contributed by atoms with Crippen molar-refractivity contribution >= 4 is 24.4 Å². The second-order valence-electron chi connectivity index (χ2n) is 5.73. The van der Waals surface area contributed by atoms with Gasteiger partial charge in [-0.05, 0) is 32.9 Å². The second kappa shape index (κ2) is 11.2. The first-order chi connectivity index (χ1) is 10.8. The first-order valence-electron chi connectivity index (χ1n) is 7.27. The summed E-state index contributed by atoms with van der Waals surface area (Å²) >= 11 is 0. The highest BCUT2D eigenvalue weighted by Gasteiger charge is 2.07. The maximum absolute atomic E-state index is 10.1. The van der Waals surface area contributed by atoms with Gasteiger partial charge < -0.3 is 26.4 Å². The zero-order chi connectivity index (χ0) is 17.7. The Morgan fingerprint density at radius 1 is 1.22 bits per heavy atom. The summed E-state index contributed by atoms with van der Waals surface area (Å²) in [5, 5.41) is 3.15. The molecule has 1 aliphatic rings. The normalized spacial score (nSPS) is 13.6. The van der Waals surface area contributed by atoms with Gasteiger partial charge in [-0.3, -0.25) is 9.59 Å². The van der Waals surface area contributed by atoms with Crippen molar-refractivity contribution in [3.8, 4) is 0 Å². The molecule has 1 fully saturated rings. The Hall–Kier alpha value is -2.35. The van der Waals surface area contributed by atoms with E-state index in [4.69, 9.17) is 11.5 Å². The molecule has 130 valence electrons. The number of anilines is 2. The van der Waals surface area contributed by atoms with Crippen molar-refractivity contribution < 1.29 is 14.3 Å². The van der Waals surface area contributed by atoms with E-state index in [9.17, 15) is 9.59 Å². The molecule has 5 N–H and O–H groups in total. The fraction of sp³-hybridized carbons (Fsp3) is 0.533. The molecule has 0 aromatic carbocycles. The maximum atomic E-state index is 10.1. The fourth-order valence-corrected chi connectivity index (χ4v) is 1.35. The molecule has 1 amide bonds. The molecule has 23 heavy (non-hydrogen) atoms. The van der Waals surface area contributed by atoms with Crippen LogP contribution in [0, 0.1) is 0 Å². The van der Waals surface area contributed by atoms with E-state index in [0.717, 1.165) is 32.6 Å². The minimum absolute atomic E-state index is 0.318. The lowest BCUT2D eigenvalue weighted by molar-refractivity contribution is -0.138. The van der Waals surface area contributed by atoms with Gasteiger partial charge in [0.15, 0.2) is 0 Å². The molecular formula is C15H27N5O3. The largest absolute Gasteiger partial charge is 0.462 e. The number of nitrogens with zero attached hydrogens (tertiary/aromatic N) is 2. The van der Waals surface area contributed by atoms with Gasteiger partial charge in [0.05, 0.1) is 11.9 Å². The van der Waals surface area contributed by atoms with Crippen LogP contribution in [0.25, 0.3) is 0 Å². The molecule has 0 bridgehead atoms. The molecule has 0 radical (unpaired) electrons. The quantitative estimate of drug-likeness (QED) is 0.666. The Bertz CT molecular complexity index is 418. The molecular weight excluding hydrogens is 298 g/mol. The van der Waals surface area contributed by atoms with E-state index in [1.165, 1.54) is 6.20 Å². The van der Waals surface area contributed by atoms with Crippen LogP contribution >= 0.6 is 0 Å². The zero-order valence-corrected chi connectivity index (χ0v) is 14.0. The molecule has 1 aliphatic heterocycles. The van der Waals surface area contributed by atoms with Crippen molar-refractivity contribution in [3.05, 3.63) is 18.3 Å². The Kier molecular flexibility index (Phi) is 10.1. The van der Waals surface area contributed by atoms with Crippen LogP contribution in [0.5, 0.6) is 0 Å². The van der Waals surface area contributed by atoms with Crippen LogP contribution in [-0.4, -0.2) is 54.5 Å². The van der Waals surface area contributed by atoms with Gasteiger partial charge in [0.1, 0.15) is 11.4 Å². The smallest absolute Gasteiger partial charge is 0.293 e. The highest BCUT2D eigenvalue weighted by molar-refractivity contribution is 5.47. The van der Waals surface area contributed by atoms with Gasteiger partial charge in [-0.1, -0.05) is 0 Å². The monoisotopic (exact) mass is 325 g/mol. The molecule has 2 rings (SSSR count). The molecule has 1 saturated heterocycles. The average molecular weight is 325 g/mol. The summed E-state index contributed by atoms with van der Waals surface area (Å²) in [5.41, 5.74) is 10.9. The van der Waals surface area contributed by atoms with Gasteiger partial charge in [0.25, 0.3) is 6.47 Å². The number of ether oxygens (including phenoxy) is 1. The van der Waals surface area contributed by atoms with E-state index >= 15 is 0 Å². The fourth-order valence-electron chi connectivity index (χ4n) is 1.35. The number of nitrogens with one attached hydrogen (secondary N) is 1. The number of hydrogen-bond donors (Lipinski definition) is 3. The van der Waals surface area contributed by atoms with Crippen molar-refractivity contribution in [1.82, 2.24) is 15.2 Å². The number of carbonyl (C=O) groups excluding carboxylic acids is 2. The number of rotatable bonds is 2. The third kappa shape index (κ3) is 13.1. The molecule has 8 heteroatoms. The molecule has 0 atom stereocenters. The molecule has 1 aromatic rings. The van der Waals surface area contributed by atoms with E-state index in [2.05, 4.69) is 15.0 Å².